The molecule has 144 valence electrons. The van der Waals surface area contributed by atoms with Crippen molar-refractivity contribution in [3.63, 3.8) is 0 Å². The third kappa shape index (κ3) is 4.15. The van der Waals surface area contributed by atoms with E-state index in [1.165, 1.54) is 24.3 Å². The first-order chi connectivity index (χ1) is 13.3. The van der Waals surface area contributed by atoms with Gasteiger partial charge in [-0.3, -0.25) is 4.79 Å². The van der Waals surface area contributed by atoms with E-state index in [4.69, 9.17) is 16.3 Å². The van der Waals surface area contributed by atoms with Gasteiger partial charge in [-0.1, -0.05) is 23.7 Å². The number of carbonyl (C=O) groups is 1. The Kier molecular flexibility index (Phi) is 5.66. The summed E-state index contributed by atoms with van der Waals surface area (Å²) < 4.78 is 19.0. The van der Waals surface area contributed by atoms with Crippen LogP contribution in [0, 0.1) is 33.5 Å². The molecule has 3 aromatic rings. The largest absolute Gasteiger partial charge is 0.438 e. The number of benzene rings is 2. The monoisotopic (exact) mass is 398 g/mol. The number of nitrogens with one attached hydrogen (secondary N) is 1. The Labute approximate surface area is 168 Å². The van der Waals surface area contributed by atoms with E-state index in [1.54, 1.807) is 13.8 Å². The van der Waals surface area contributed by atoms with Gasteiger partial charge in [0.25, 0.3) is 5.91 Å². The van der Waals surface area contributed by atoms with E-state index < -0.39 is 0 Å². The van der Waals surface area contributed by atoms with Gasteiger partial charge in [-0.15, -0.1) is 0 Å². The molecule has 0 atom stereocenters. The molecular weight excluding hydrogens is 379 g/mol. The molecule has 0 saturated carbocycles. The Morgan fingerprint density at radius 3 is 2.43 bits per heavy atom. The first-order valence-corrected chi connectivity index (χ1v) is 9.12. The number of hydrogen-bond acceptors (Lipinski definition) is 3. The molecule has 2 aromatic carbocycles. The lowest BCUT2D eigenvalue weighted by Crippen LogP contribution is -2.17. The van der Waals surface area contributed by atoms with E-state index in [2.05, 4.69) is 10.3 Å². The van der Waals surface area contributed by atoms with Crippen molar-refractivity contribution in [1.29, 1.82) is 0 Å². The molecule has 0 radical (unpaired) electrons. The lowest BCUT2D eigenvalue weighted by molar-refractivity contribution is 0.102. The minimum atomic E-state index is -0.378. The number of nitrogens with zero attached hydrogens (tertiary/aromatic N) is 1. The normalized spacial score (nSPS) is 10.6. The van der Waals surface area contributed by atoms with Gasteiger partial charge in [0.1, 0.15) is 17.1 Å². The number of carbonyl (C=O) groups excluding carboxylic acids is 1. The Bertz CT molecular complexity index is 1050. The van der Waals surface area contributed by atoms with Crippen LogP contribution in [0.25, 0.3) is 0 Å². The van der Waals surface area contributed by atoms with Crippen LogP contribution in [-0.4, -0.2) is 10.9 Å². The Morgan fingerprint density at radius 1 is 1.07 bits per heavy atom. The van der Waals surface area contributed by atoms with E-state index in [9.17, 15) is 9.18 Å². The molecule has 1 N–H and O–H groups in total. The van der Waals surface area contributed by atoms with E-state index >= 15 is 0 Å². The predicted octanol–water partition coefficient (Wildman–Crippen LogP) is 6.15. The topological polar surface area (TPSA) is 51.2 Å². The van der Waals surface area contributed by atoms with Gasteiger partial charge in [0.2, 0.25) is 5.88 Å². The lowest BCUT2D eigenvalue weighted by Gasteiger charge is -2.16. The third-order valence-electron chi connectivity index (χ3n) is 4.40. The van der Waals surface area contributed by atoms with Crippen molar-refractivity contribution in [2.24, 2.45) is 0 Å². The van der Waals surface area contributed by atoms with Gasteiger partial charge < -0.3 is 10.1 Å². The number of aromatic nitrogens is 1. The highest BCUT2D eigenvalue weighted by Crippen LogP contribution is 2.32. The maximum Gasteiger partial charge on any atom is 0.261 e. The average molecular weight is 399 g/mol. The third-order valence-corrected chi connectivity index (χ3v) is 4.96. The van der Waals surface area contributed by atoms with E-state index in [1.807, 2.05) is 32.0 Å². The number of aryl methyl sites for hydroxylation is 3. The summed E-state index contributed by atoms with van der Waals surface area (Å²) in [5.41, 5.74) is 4.01. The smallest absolute Gasteiger partial charge is 0.261 e. The van der Waals surface area contributed by atoms with Gasteiger partial charge in [-0.2, -0.15) is 0 Å². The molecule has 0 bridgehead atoms. The zero-order valence-corrected chi connectivity index (χ0v) is 16.8. The van der Waals surface area contributed by atoms with Crippen LogP contribution >= 0.6 is 11.6 Å². The van der Waals surface area contributed by atoms with Crippen LogP contribution in [0.15, 0.2) is 42.5 Å². The minimum Gasteiger partial charge on any atom is -0.438 e. The fraction of sp³-hybridized carbons (Fsp3) is 0.182. The molecule has 0 unspecified atom stereocenters. The van der Waals surface area contributed by atoms with Gasteiger partial charge in [-0.05, 0) is 74.7 Å². The van der Waals surface area contributed by atoms with Crippen molar-refractivity contribution in [1.82, 2.24) is 4.98 Å². The summed E-state index contributed by atoms with van der Waals surface area (Å²) in [6, 6.07) is 11.3. The molecule has 4 nitrogen and oxygen atoms in total. The van der Waals surface area contributed by atoms with Crippen LogP contribution < -0.4 is 10.1 Å². The van der Waals surface area contributed by atoms with Crippen LogP contribution in [0.2, 0.25) is 5.02 Å². The predicted molar refractivity (Wildman–Crippen MR) is 109 cm³/mol. The molecule has 1 aromatic heterocycles. The zero-order chi connectivity index (χ0) is 20.4. The molecule has 0 spiro atoms. The number of amides is 1. The van der Waals surface area contributed by atoms with Crippen molar-refractivity contribution in [3.05, 3.63) is 81.3 Å². The Hall–Kier alpha value is -2.92. The molecule has 0 aliphatic heterocycles. The highest BCUT2D eigenvalue weighted by atomic mass is 35.5. The standard InChI is InChI=1S/C22H20ClFN2O2/c1-12-5-6-13(2)18(11-12)26-21(27)19-14(3)20(23)15(4)25-22(19)28-17-9-7-16(24)8-10-17/h5-11H,1-4H3,(H,26,27). The molecule has 3 rings (SSSR count). The van der Waals surface area contributed by atoms with Gasteiger partial charge >= 0.3 is 0 Å². The maximum atomic E-state index is 13.2. The molecular formula is C22H20ClFN2O2. The summed E-state index contributed by atoms with van der Waals surface area (Å²) in [6.45, 7) is 7.34. The zero-order valence-electron chi connectivity index (χ0n) is 16.1. The molecule has 0 aliphatic carbocycles. The Morgan fingerprint density at radius 2 is 1.75 bits per heavy atom. The molecule has 6 heteroatoms. The van der Waals surface area contributed by atoms with Crippen molar-refractivity contribution >= 4 is 23.2 Å². The summed E-state index contributed by atoms with van der Waals surface area (Å²) in [7, 11) is 0. The van der Waals surface area contributed by atoms with E-state index in [-0.39, 0.29) is 23.2 Å². The van der Waals surface area contributed by atoms with E-state index in [0.717, 1.165) is 11.1 Å². The van der Waals surface area contributed by atoms with Crippen molar-refractivity contribution in [2.45, 2.75) is 27.7 Å². The summed E-state index contributed by atoms with van der Waals surface area (Å²) in [5, 5.41) is 3.31. The van der Waals surface area contributed by atoms with Crippen molar-refractivity contribution in [2.75, 3.05) is 5.32 Å². The second-order valence-electron chi connectivity index (χ2n) is 6.64. The number of hydrogen-bond donors (Lipinski definition) is 1. The quantitative estimate of drug-likeness (QED) is 0.573. The summed E-state index contributed by atoms with van der Waals surface area (Å²) in [6.07, 6.45) is 0. The maximum absolute atomic E-state index is 13.2. The molecule has 0 saturated heterocycles. The Balaban J connectivity index is 2.02. The van der Waals surface area contributed by atoms with Gasteiger partial charge in [0.15, 0.2) is 0 Å². The molecule has 28 heavy (non-hydrogen) atoms. The van der Waals surface area contributed by atoms with Crippen LogP contribution in [0.1, 0.15) is 32.7 Å². The van der Waals surface area contributed by atoms with Crippen LogP contribution in [0.3, 0.4) is 0 Å². The number of anilines is 1. The first-order valence-electron chi connectivity index (χ1n) is 8.75. The summed E-state index contributed by atoms with van der Waals surface area (Å²) >= 11 is 6.33. The van der Waals surface area contributed by atoms with E-state index in [0.29, 0.717) is 27.7 Å². The molecule has 1 heterocycles. The second kappa shape index (κ2) is 7.98. The number of pyridine rings is 1. The van der Waals surface area contributed by atoms with Gasteiger partial charge in [0, 0.05) is 5.69 Å². The number of halogens is 2. The average Bonchev–Trinajstić information content (AvgIpc) is 2.64. The van der Waals surface area contributed by atoms with Crippen molar-refractivity contribution < 1.29 is 13.9 Å². The summed E-state index contributed by atoms with van der Waals surface area (Å²) in [4.78, 5) is 17.4. The lowest BCUT2D eigenvalue weighted by atomic mass is 10.1. The first kappa shape index (κ1) is 19.8. The fourth-order valence-electron chi connectivity index (χ4n) is 2.81. The highest BCUT2D eigenvalue weighted by Gasteiger charge is 2.22. The SMILES string of the molecule is Cc1ccc(C)c(NC(=O)c2c(Oc3ccc(F)cc3)nc(C)c(Cl)c2C)c1. The fourth-order valence-corrected chi connectivity index (χ4v) is 2.95. The minimum absolute atomic E-state index is 0.119. The number of ether oxygens (including phenoxy) is 1. The van der Waals surface area contributed by atoms with Gasteiger partial charge in [-0.25, -0.2) is 9.37 Å². The summed E-state index contributed by atoms with van der Waals surface area (Å²) in [5.74, 6) is -0.265. The van der Waals surface area contributed by atoms with Crippen LogP contribution in [0.5, 0.6) is 11.6 Å². The second-order valence-corrected chi connectivity index (χ2v) is 7.02. The van der Waals surface area contributed by atoms with Gasteiger partial charge in [0.05, 0.1) is 10.7 Å². The van der Waals surface area contributed by atoms with Crippen molar-refractivity contribution in [3.8, 4) is 11.6 Å². The molecule has 0 aliphatic rings. The number of rotatable bonds is 4. The highest BCUT2D eigenvalue weighted by molar-refractivity contribution is 6.32. The molecule has 0 fully saturated rings. The van der Waals surface area contributed by atoms with Crippen LogP contribution in [-0.2, 0) is 0 Å². The van der Waals surface area contributed by atoms with Crippen LogP contribution in [0.4, 0.5) is 10.1 Å². The molecule has 1 amide bonds.